The Bertz CT molecular complexity index is 492. The number of nitrogens with one attached hydrogen (secondary N) is 3. The maximum absolute atomic E-state index is 11.7. The molecule has 0 aromatic carbocycles. The summed E-state index contributed by atoms with van der Waals surface area (Å²) >= 11 is 0. The molecule has 0 spiro atoms. The number of carbonyl (C=O) groups is 1. The van der Waals surface area contributed by atoms with Crippen LogP contribution in [-0.4, -0.2) is 47.3 Å². The summed E-state index contributed by atoms with van der Waals surface area (Å²) in [5.74, 6) is 0.556. The van der Waals surface area contributed by atoms with Crippen molar-refractivity contribution in [3.8, 4) is 0 Å². The van der Waals surface area contributed by atoms with Crippen LogP contribution >= 0.6 is 24.0 Å². The van der Waals surface area contributed by atoms with Gasteiger partial charge in [0.25, 0.3) is 0 Å². The van der Waals surface area contributed by atoms with Gasteiger partial charge in [0, 0.05) is 32.4 Å². The first kappa shape index (κ1) is 20.7. The third kappa shape index (κ3) is 8.85. The molecule has 0 saturated heterocycles. The van der Waals surface area contributed by atoms with Crippen molar-refractivity contribution in [3.63, 3.8) is 0 Å². The first-order valence-electron chi connectivity index (χ1n) is 7.03. The van der Waals surface area contributed by atoms with Crippen molar-refractivity contribution < 1.29 is 4.79 Å². The number of aliphatic imine (C=N–C) groups is 1. The smallest absolute Gasteiger partial charge is 0.239 e. The highest BCUT2D eigenvalue weighted by Gasteiger charge is 2.13. The number of nitrogens with zero attached hydrogens (tertiary/aromatic N) is 3. The molecular formula is C14H27IN6O. The molecule has 0 radical (unpaired) electrons. The minimum Gasteiger partial charge on any atom is -0.356 e. The van der Waals surface area contributed by atoms with E-state index in [-0.39, 0.29) is 42.0 Å². The van der Waals surface area contributed by atoms with Crippen molar-refractivity contribution >= 4 is 35.8 Å². The Morgan fingerprint density at radius 2 is 2.05 bits per heavy atom. The van der Waals surface area contributed by atoms with Crippen LogP contribution in [0, 0.1) is 0 Å². The zero-order valence-electron chi connectivity index (χ0n) is 13.9. The van der Waals surface area contributed by atoms with E-state index in [9.17, 15) is 4.79 Å². The molecule has 22 heavy (non-hydrogen) atoms. The Labute approximate surface area is 149 Å². The molecule has 3 N–H and O–H groups in total. The number of rotatable bonds is 5. The lowest BCUT2D eigenvalue weighted by Crippen LogP contribution is -2.48. The second-order valence-electron chi connectivity index (χ2n) is 5.92. The van der Waals surface area contributed by atoms with Gasteiger partial charge in [0.2, 0.25) is 5.91 Å². The van der Waals surface area contributed by atoms with Gasteiger partial charge in [-0.1, -0.05) is 0 Å². The van der Waals surface area contributed by atoms with Gasteiger partial charge < -0.3 is 16.0 Å². The van der Waals surface area contributed by atoms with E-state index in [1.807, 2.05) is 40.2 Å². The molecule has 0 unspecified atom stereocenters. The average Bonchev–Trinajstić information content (AvgIpc) is 2.77. The predicted octanol–water partition coefficient (Wildman–Crippen LogP) is 0.660. The van der Waals surface area contributed by atoms with Crippen molar-refractivity contribution in [3.05, 3.63) is 18.0 Å². The molecule has 0 aliphatic rings. The topological polar surface area (TPSA) is 83.3 Å². The van der Waals surface area contributed by atoms with Crippen LogP contribution in [0.3, 0.4) is 0 Å². The van der Waals surface area contributed by atoms with E-state index >= 15 is 0 Å². The lowest BCUT2D eigenvalue weighted by molar-refractivity contribution is -0.121. The number of guanidine groups is 1. The molecule has 126 valence electrons. The van der Waals surface area contributed by atoms with E-state index in [1.54, 1.807) is 11.7 Å². The minimum absolute atomic E-state index is 0. The fourth-order valence-corrected chi connectivity index (χ4v) is 1.77. The fraction of sp³-hybridized carbons (Fsp3) is 0.643. The minimum atomic E-state index is -0.226. The molecule has 1 heterocycles. The van der Waals surface area contributed by atoms with Crippen molar-refractivity contribution in [2.75, 3.05) is 20.1 Å². The van der Waals surface area contributed by atoms with Crippen LogP contribution in [0.5, 0.6) is 0 Å². The molecule has 8 heteroatoms. The van der Waals surface area contributed by atoms with Gasteiger partial charge in [0.1, 0.15) is 0 Å². The summed E-state index contributed by atoms with van der Waals surface area (Å²) in [4.78, 5) is 15.8. The maximum atomic E-state index is 11.7. The van der Waals surface area contributed by atoms with E-state index in [0.717, 1.165) is 18.5 Å². The number of carbonyl (C=O) groups excluding carboxylic acids is 1. The van der Waals surface area contributed by atoms with Crippen molar-refractivity contribution in [1.82, 2.24) is 25.7 Å². The second kappa shape index (κ2) is 9.65. The third-order valence-corrected chi connectivity index (χ3v) is 2.62. The Morgan fingerprint density at radius 3 is 2.55 bits per heavy atom. The van der Waals surface area contributed by atoms with Gasteiger partial charge in [-0.05, 0) is 32.8 Å². The van der Waals surface area contributed by atoms with Crippen LogP contribution in [0.4, 0.5) is 0 Å². The Morgan fingerprint density at radius 1 is 1.36 bits per heavy atom. The van der Waals surface area contributed by atoms with Crippen molar-refractivity contribution in [2.45, 2.75) is 32.7 Å². The highest BCUT2D eigenvalue weighted by atomic mass is 127. The van der Waals surface area contributed by atoms with Crippen molar-refractivity contribution in [1.29, 1.82) is 0 Å². The zero-order valence-corrected chi connectivity index (χ0v) is 16.3. The van der Waals surface area contributed by atoms with Crippen molar-refractivity contribution in [2.24, 2.45) is 12.0 Å². The molecule has 0 fully saturated rings. The molecule has 0 aliphatic carbocycles. The van der Waals surface area contributed by atoms with Crippen LogP contribution in [0.1, 0.15) is 26.3 Å². The highest BCUT2D eigenvalue weighted by molar-refractivity contribution is 14.0. The highest BCUT2D eigenvalue weighted by Crippen LogP contribution is 1.97. The number of hydrogen-bond acceptors (Lipinski definition) is 3. The summed E-state index contributed by atoms with van der Waals surface area (Å²) in [6, 6.07) is 0. The summed E-state index contributed by atoms with van der Waals surface area (Å²) in [7, 11) is 3.58. The van der Waals surface area contributed by atoms with E-state index < -0.39 is 0 Å². The molecule has 7 nitrogen and oxygen atoms in total. The number of hydrogen-bond donors (Lipinski definition) is 3. The largest absolute Gasteiger partial charge is 0.356 e. The van der Waals surface area contributed by atoms with E-state index in [1.165, 1.54) is 0 Å². The van der Waals surface area contributed by atoms with Crippen LogP contribution in [0.2, 0.25) is 0 Å². The summed E-state index contributed by atoms with van der Waals surface area (Å²) in [6.07, 6.45) is 4.67. The third-order valence-electron chi connectivity index (χ3n) is 2.62. The Hall–Kier alpha value is -1.32. The van der Waals surface area contributed by atoms with Gasteiger partial charge in [-0.2, -0.15) is 5.10 Å². The standard InChI is InChI=1S/C14H26N6O.HI/c1-14(2,3)19-12(21)9-17-13(15-4)16-7-6-11-8-18-20(5)10-11;/h8,10H,6-7,9H2,1-5H3,(H,19,21)(H2,15,16,17);1H. The quantitative estimate of drug-likeness (QED) is 0.370. The van der Waals surface area contributed by atoms with E-state index in [0.29, 0.717) is 5.96 Å². The second-order valence-corrected chi connectivity index (χ2v) is 5.92. The molecule has 0 saturated carbocycles. The normalized spacial score (nSPS) is 11.6. The van der Waals surface area contributed by atoms with Crippen LogP contribution < -0.4 is 16.0 Å². The van der Waals surface area contributed by atoms with Gasteiger partial charge >= 0.3 is 0 Å². The average molecular weight is 422 g/mol. The first-order chi connectivity index (χ1) is 9.80. The molecule has 1 aromatic rings. The van der Waals surface area contributed by atoms with Crippen LogP contribution in [0.25, 0.3) is 0 Å². The number of amides is 1. The summed E-state index contributed by atoms with van der Waals surface area (Å²) < 4.78 is 1.78. The molecule has 1 amide bonds. The molecular weight excluding hydrogens is 395 g/mol. The van der Waals surface area contributed by atoms with Gasteiger partial charge in [-0.15, -0.1) is 24.0 Å². The summed E-state index contributed by atoms with van der Waals surface area (Å²) in [5, 5.41) is 13.2. The Kier molecular flexibility index (Phi) is 9.07. The van der Waals surface area contributed by atoms with Gasteiger partial charge in [-0.3, -0.25) is 14.5 Å². The predicted molar refractivity (Wildman–Crippen MR) is 99.6 cm³/mol. The number of halogens is 1. The molecule has 0 atom stereocenters. The van der Waals surface area contributed by atoms with Crippen LogP contribution in [-0.2, 0) is 18.3 Å². The van der Waals surface area contributed by atoms with Gasteiger partial charge in [-0.25, -0.2) is 0 Å². The monoisotopic (exact) mass is 422 g/mol. The zero-order chi connectivity index (χ0) is 15.9. The summed E-state index contributed by atoms with van der Waals surface area (Å²) in [5.41, 5.74) is 0.932. The molecule has 0 bridgehead atoms. The number of aromatic nitrogens is 2. The number of aryl methyl sites for hydroxylation is 1. The SMILES string of the molecule is CN=C(NCCc1cnn(C)c1)NCC(=O)NC(C)(C)C.I. The molecule has 0 aliphatic heterocycles. The lowest BCUT2D eigenvalue weighted by Gasteiger charge is -2.21. The fourth-order valence-electron chi connectivity index (χ4n) is 1.77. The van der Waals surface area contributed by atoms with E-state index in [2.05, 4.69) is 26.0 Å². The summed E-state index contributed by atoms with van der Waals surface area (Å²) in [6.45, 7) is 6.78. The van der Waals surface area contributed by atoms with Gasteiger partial charge in [0.15, 0.2) is 5.96 Å². The van der Waals surface area contributed by atoms with E-state index in [4.69, 9.17) is 0 Å². The lowest BCUT2D eigenvalue weighted by atomic mass is 10.1. The first-order valence-corrected chi connectivity index (χ1v) is 7.03. The maximum Gasteiger partial charge on any atom is 0.239 e. The molecule has 1 aromatic heterocycles. The van der Waals surface area contributed by atoms with Gasteiger partial charge in [0.05, 0.1) is 12.7 Å². The molecule has 1 rings (SSSR count). The Balaban J connectivity index is 0.00000441. The van der Waals surface area contributed by atoms with Crippen LogP contribution in [0.15, 0.2) is 17.4 Å².